The van der Waals surface area contributed by atoms with Gasteiger partial charge in [0.05, 0.1) is 32.3 Å². The molecule has 0 amide bonds. The number of carbonyl (C=O) groups excluding carboxylic acids is 1. The van der Waals surface area contributed by atoms with Gasteiger partial charge in [0.1, 0.15) is 54.5 Å². The van der Waals surface area contributed by atoms with Gasteiger partial charge in [0.25, 0.3) is 0 Å². The summed E-state index contributed by atoms with van der Waals surface area (Å²) in [5.74, 6) is 5.50. The molecule has 1 fully saturated rings. The summed E-state index contributed by atoms with van der Waals surface area (Å²) in [5, 5.41) is 43.8. The molecule has 7 atom stereocenters. The molecule has 5 aliphatic heterocycles. The number of benzene rings is 3. The van der Waals surface area contributed by atoms with Gasteiger partial charge in [-0.1, -0.05) is 36.1 Å². The summed E-state index contributed by atoms with van der Waals surface area (Å²) in [4.78, 5) is 26.3. The van der Waals surface area contributed by atoms with Crippen molar-refractivity contribution in [3.63, 3.8) is 0 Å². The molecule has 0 radical (unpaired) electrons. The molecule has 9 rings (SSSR count). The van der Waals surface area contributed by atoms with Crippen LogP contribution in [0.4, 0.5) is 0 Å². The highest BCUT2D eigenvalue weighted by atomic mass is 16.7. The maximum Gasteiger partial charge on any atom is 0.317 e. The van der Waals surface area contributed by atoms with E-state index in [1.807, 2.05) is 42.6 Å². The van der Waals surface area contributed by atoms with E-state index >= 15 is 0 Å². The highest BCUT2D eigenvalue weighted by Gasteiger charge is 2.56. The standard InChI is InChI=1S/C37H33NO13/c1-45-23-10-9-18-21-15-47-25-12-24-19(7-5-11-37(44)26(16-48-28(41)13-27(39)40)50-36(49-24)31(42)35(37)43)29(20-14-38-22-8-4-3-6-17(20)22)30(25)32(21)51-33(18)34(23)46-2/h3-4,6,8-10,12,14,21,26,31-32,35-36,38,42-44H,11,13,15-16H2,1-2H3,(H,39,40). The zero-order chi connectivity index (χ0) is 35.6. The lowest BCUT2D eigenvalue weighted by molar-refractivity contribution is -0.312. The first kappa shape index (κ1) is 32.7. The molecule has 5 N–H and O–H groups in total. The Morgan fingerprint density at radius 1 is 1.08 bits per heavy atom. The van der Waals surface area contributed by atoms with Crippen LogP contribution in [0, 0.1) is 11.8 Å². The fourth-order valence-corrected chi connectivity index (χ4v) is 7.38. The van der Waals surface area contributed by atoms with E-state index in [0.29, 0.717) is 39.7 Å². The SMILES string of the molecule is COc1ccc2c(c1OC)OC1c3c(cc4c(c3-c3c[nH]c5ccccc35)C#CCC3(O)C(COC(=O)CC(=O)O)OC(O4)C(O)C3O)OCC21. The third-order valence-electron chi connectivity index (χ3n) is 9.88. The molecule has 7 unspecified atom stereocenters. The maximum absolute atomic E-state index is 12.0. The number of carboxylic acid groups (broad SMARTS) is 1. The molecule has 2 bridgehead atoms. The number of rotatable bonds is 7. The van der Waals surface area contributed by atoms with Crippen LogP contribution in [-0.4, -0.2) is 95.0 Å². The van der Waals surface area contributed by atoms with E-state index in [4.69, 9.17) is 38.3 Å². The molecule has 14 heteroatoms. The normalized spacial score (nSPS) is 26.8. The number of esters is 1. The smallest absolute Gasteiger partial charge is 0.317 e. The van der Waals surface area contributed by atoms with Gasteiger partial charge in [-0.05, 0) is 12.1 Å². The molecule has 1 saturated heterocycles. The quantitative estimate of drug-likeness (QED) is 0.107. The van der Waals surface area contributed by atoms with Crippen LogP contribution >= 0.6 is 0 Å². The first-order valence-electron chi connectivity index (χ1n) is 16.2. The number of nitrogens with one attached hydrogen (secondary N) is 1. The van der Waals surface area contributed by atoms with Crippen LogP contribution in [0.25, 0.3) is 22.0 Å². The summed E-state index contributed by atoms with van der Waals surface area (Å²) in [5.41, 5.74) is 1.97. The second kappa shape index (κ2) is 12.4. The van der Waals surface area contributed by atoms with Gasteiger partial charge in [-0.2, -0.15) is 0 Å². The Labute approximate surface area is 290 Å². The minimum absolute atomic E-state index is 0.153. The maximum atomic E-state index is 12.0. The molecule has 4 aromatic rings. The Kier molecular flexibility index (Phi) is 7.95. The summed E-state index contributed by atoms with van der Waals surface area (Å²) < 4.78 is 41.7. The number of H-pyrrole nitrogens is 1. The molecular weight excluding hydrogens is 666 g/mol. The third kappa shape index (κ3) is 5.20. The number of para-hydroxylation sites is 1. The van der Waals surface area contributed by atoms with Gasteiger partial charge in [0.2, 0.25) is 12.0 Å². The second-order valence-corrected chi connectivity index (χ2v) is 12.7. The van der Waals surface area contributed by atoms with Gasteiger partial charge in [-0.15, -0.1) is 0 Å². The van der Waals surface area contributed by atoms with Crippen LogP contribution in [0.2, 0.25) is 0 Å². The Hall–Kier alpha value is -5.46. The molecule has 6 heterocycles. The van der Waals surface area contributed by atoms with Crippen LogP contribution in [0.1, 0.15) is 41.6 Å². The minimum Gasteiger partial charge on any atom is -0.493 e. The van der Waals surface area contributed by atoms with Crippen LogP contribution in [0.3, 0.4) is 0 Å². The van der Waals surface area contributed by atoms with E-state index < -0.39 is 67.7 Å². The molecular formula is C37H33NO13. The minimum atomic E-state index is -2.23. The summed E-state index contributed by atoms with van der Waals surface area (Å²) in [7, 11) is 3.10. The third-order valence-corrected chi connectivity index (χ3v) is 9.88. The number of carbonyl (C=O) groups is 2. The van der Waals surface area contributed by atoms with Gasteiger partial charge in [-0.3, -0.25) is 9.59 Å². The molecule has 1 aromatic heterocycles. The predicted octanol–water partition coefficient (Wildman–Crippen LogP) is 2.79. The fourth-order valence-electron chi connectivity index (χ4n) is 7.38. The van der Waals surface area contributed by atoms with Crippen LogP contribution in [-0.2, 0) is 19.1 Å². The molecule has 51 heavy (non-hydrogen) atoms. The molecule has 0 aliphatic carbocycles. The van der Waals surface area contributed by atoms with Crippen molar-refractivity contribution < 1.29 is 63.2 Å². The molecule has 14 nitrogen and oxygen atoms in total. The molecule has 0 spiro atoms. The summed E-state index contributed by atoms with van der Waals surface area (Å²) in [6.07, 6.45) is -6.65. The number of aromatic nitrogens is 1. The largest absolute Gasteiger partial charge is 0.493 e. The summed E-state index contributed by atoms with van der Waals surface area (Å²) >= 11 is 0. The van der Waals surface area contributed by atoms with Crippen molar-refractivity contribution in [3.05, 3.63) is 65.4 Å². The molecule has 0 saturated carbocycles. The van der Waals surface area contributed by atoms with Gasteiger partial charge >= 0.3 is 11.9 Å². The van der Waals surface area contributed by atoms with Crippen molar-refractivity contribution in [1.29, 1.82) is 0 Å². The van der Waals surface area contributed by atoms with Crippen LogP contribution < -0.4 is 23.7 Å². The van der Waals surface area contributed by atoms with Crippen molar-refractivity contribution in [3.8, 4) is 51.7 Å². The van der Waals surface area contributed by atoms with Crippen molar-refractivity contribution in [2.24, 2.45) is 0 Å². The number of carboxylic acids is 1. The van der Waals surface area contributed by atoms with Crippen molar-refractivity contribution in [2.45, 2.75) is 55.1 Å². The number of hydrogen-bond donors (Lipinski definition) is 5. The number of aliphatic carboxylic acids is 1. The highest BCUT2D eigenvalue weighted by molar-refractivity contribution is 5.99. The number of ether oxygens (including phenoxy) is 7. The van der Waals surface area contributed by atoms with Gasteiger partial charge < -0.3 is 58.6 Å². The monoisotopic (exact) mass is 699 g/mol. The van der Waals surface area contributed by atoms with Crippen molar-refractivity contribution in [2.75, 3.05) is 27.4 Å². The van der Waals surface area contributed by atoms with Crippen molar-refractivity contribution in [1.82, 2.24) is 4.98 Å². The highest BCUT2D eigenvalue weighted by Crippen LogP contribution is 2.59. The Balaban J connectivity index is 1.29. The molecule has 5 aliphatic rings. The van der Waals surface area contributed by atoms with E-state index in [2.05, 4.69) is 16.8 Å². The fraction of sp³-hybridized carbons (Fsp3) is 0.351. The van der Waals surface area contributed by atoms with E-state index in [1.165, 1.54) is 0 Å². The lowest BCUT2D eigenvalue weighted by atomic mass is 9.80. The first-order valence-corrected chi connectivity index (χ1v) is 16.2. The molecule has 264 valence electrons. The lowest BCUT2D eigenvalue weighted by Gasteiger charge is -2.47. The van der Waals surface area contributed by atoms with Gasteiger partial charge in [0, 0.05) is 51.8 Å². The molecule has 3 aromatic carbocycles. The topological polar surface area (TPSA) is 195 Å². The Morgan fingerprint density at radius 2 is 1.90 bits per heavy atom. The number of aliphatic hydroxyl groups is 3. The number of fused-ring (bicyclic) bond motifs is 9. The number of methoxy groups -OCH3 is 2. The zero-order valence-corrected chi connectivity index (χ0v) is 27.4. The zero-order valence-electron chi connectivity index (χ0n) is 27.4. The van der Waals surface area contributed by atoms with E-state index in [9.17, 15) is 24.9 Å². The lowest BCUT2D eigenvalue weighted by Crippen LogP contribution is -2.68. The number of aliphatic hydroxyl groups excluding tert-OH is 2. The second-order valence-electron chi connectivity index (χ2n) is 12.7. The number of hydrogen-bond acceptors (Lipinski definition) is 12. The van der Waals surface area contributed by atoms with E-state index in [1.54, 1.807) is 20.3 Å². The summed E-state index contributed by atoms with van der Waals surface area (Å²) in [6.45, 7) is -0.389. The summed E-state index contributed by atoms with van der Waals surface area (Å²) in [6, 6.07) is 13.1. The predicted molar refractivity (Wildman–Crippen MR) is 176 cm³/mol. The Morgan fingerprint density at radius 3 is 2.69 bits per heavy atom. The average Bonchev–Trinajstić information content (AvgIpc) is 3.72. The van der Waals surface area contributed by atoms with Gasteiger partial charge in [0.15, 0.2) is 11.5 Å². The van der Waals surface area contributed by atoms with Crippen LogP contribution in [0.15, 0.2) is 48.7 Å². The first-order chi connectivity index (χ1) is 24.6. The van der Waals surface area contributed by atoms with Crippen LogP contribution in [0.5, 0.6) is 28.7 Å². The Bertz CT molecular complexity index is 2130. The van der Waals surface area contributed by atoms with E-state index in [0.717, 1.165) is 22.0 Å². The van der Waals surface area contributed by atoms with E-state index in [-0.39, 0.29) is 18.3 Å². The number of aromatic amines is 1. The van der Waals surface area contributed by atoms with Crippen molar-refractivity contribution >= 4 is 22.8 Å². The van der Waals surface area contributed by atoms with Gasteiger partial charge in [-0.25, -0.2) is 0 Å². The average molecular weight is 700 g/mol.